The molecule has 0 heterocycles. The van der Waals surface area contributed by atoms with E-state index in [0.29, 0.717) is 17.9 Å². The highest BCUT2D eigenvalue weighted by molar-refractivity contribution is 7.89. The zero-order valence-corrected chi connectivity index (χ0v) is 15.9. The molecule has 0 fully saturated rings. The first kappa shape index (κ1) is 19.6. The van der Waals surface area contributed by atoms with Crippen molar-refractivity contribution in [3.8, 4) is 5.75 Å². The summed E-state index contributed by atoms with van der Waals surface area (Å²) in [5, 5.41) is 7.87. The molecule has 3 rings (SSSR count). The van der Waals surface area contributed by atoms with Gasteiger partial charge in [0.1, 0.15) is 12.4 Å². The van der Waals surface area contributed by atoms with E-state index in [-0.39, 0.29) is 17.3 Å². The molecule has 3 N–H and O–H groups in total. The van der Waals surface area contributed by atoms with Gasteiger partial charge < -0.3 is 10.1 Å². The fourth-order valence-electron chi connectivity index (χ4n) is 2.55. The number of hydrogen-bond donors (Lipinski definition) is 2. The Bertz CT molecular complexity index is 1050. The summed E-state index contributed by atoms with van der Waals surface area (Å²) in [6, 6.07) is 22.8. The van der Waals surface area contributed by atoms with Gasteiger partial charge in [0.25, 0.3) is 5.91 Å². The summed E-state index contributed by atoms with van der Waals surface area (Å²) in [6.07, 6.45) is 0. The molecule has 0 atom stereocenters. The minimum atomic E-state index is -3.73. The first-order valence-electron chi connectivity index (χ1n) is 8.58. The Labute approximate surface area is 164 Å². The predicted molar refractivity (Wildman–Crippen MR) is 106 cm³/mol. The first-order valence-corrected chi connectivity index (χ1v) is 10.1. The second-order valence-corrected chi connectivity index (χ2v) is 7.74. The van der Waals surface area contributed by atoms with Gasteiger partial charge >= 0.3 is 0 Å². The Hall–Kier alpha value is -3.16. The number of hydrogen-bond acceptors (Lipinski definition) is 4. The van der Waals surface area contributed by atoms with Crippen LogP contribution in [0.5, 0.6) is 5.75 Å². The van der Waals surface area contributed by atoms with E-state index in [1.54, 1.807) is 36.4 Å². The topological polar surface area (TPSA) is 98.5 Å². The van der Waals surface area contributed by atoms with Gasteiger partial charge in [0.2, 0.25) is 10.0 Å². The number of nitrogens with one attached hydrogen (secondary N) is 1. The molecule has 0 spiro atoms. The molecule has 6 nitrogen and oxygen atoms in total. The lowest BCUT2D eigenvalue weighted by Crippen LogP contribution is -2.22. The minimum Gasteiger partial charge on any atom is -0.489 e. The fourth-order valence-corrected chi connectivity index (χ4v) is 3.06. The van der Waals surface area contributed by atoms with Crippen LogP contribution in [0.2, 0.25) is 0 Å². The van der Waals surface area contributed by atoms with Crippen molar-refractivity contribution in [2.24, 2.45) is 5.14 Å². The van der Waals surface area contributed by atoms with Crippen LogP contribution in [0, 0.1) is 0 Å². The molecule has 0 aromatic heterocycles. The van der Waals surface area contributed by atoms with E-state index in [4.69, 9.17) is 9.88 Å². The second kappa shape index (κ2) is 8.69. The van der Waals surface area contributed by atoms with E-state index < -0.39 is 10.0 Å². The van der Waals surface area contributed by atoms with Crippen molar-refractivity contribution in [2.45, 2.75) is 18.0 Å². The van der Waals surface area contributed by atoms with Crippen molar-refractivity contribution >= 4 is 15.9 Å². The van der Waals surface area contributed by atoms with Gasteiger partial charge in [0.15, 0.2) is 0 Å². The Morgan fingerprint density at radius 3 is 2.29 bits per heavy atom. The average Bonchev–Trinajstić information content (AvgIpc) is 2.71. The van der Waals surface area contributed by atoms with Gasteiger partial charge in [-0.3, -0.25) is 4.79 Å². The van der Waals surface area contributed by atoms with Crippen LogP contribution in [0.15, 0.2) is 83.8 Å². The van der Waals surface area contributed by atoms with Crippen molar-refractivity contribution in [3.63, 3.8) is 0 Å². The number of carbonyl (C=O) groups excluding carboxylic acids is 1. The minimum absolute atomic E-state index is 0.0332. The van der Waals surface area contributed by atoms with Crippen molar-refractivity contribution in [1.29, 1.82) is 0 Å². The standard InChI is InChI=1S/C21H20N2O4S/c22-28(25,26)20-11-9-16(10-12-20)14-23-21(24)18-7-4-8-19(13-18)27-15-17-5-2-1-3-6-17/h1-13H,14-15H2,(H,23,24)(H2,22,25,26). The summed E-state index contributed by atoms with van der Waals surface area (Å²) >= 11 is 0. The molecule has 0 aliphatic carbocycles. The Balaban J connectivity index is 1.58. The van der Waals surface area contributed by atoms with Crippen LogP contribution >= 0.6 is 0 Å². The molecule has 0 saturated carbocycles. The number of benzene rings is 3. The number of nitrogens with two attached hydrogens (primary N) is 1. The van der Waals surface area contributed by atoms with Gasteiger partial charge in [-0.25, -0.2) is 13.6 Å². The van der Waals surface area contributed by atoms with Gasteiger partial charge in [0, 0.05) is 12.1 Å². The number of primary sulfonamides is 1. The molecule has 0 saturated heterocycles. The number of sulfonamides is 1. The van der Waals surface area contributed by atoms with Crippen molar-refractivity contribution < 1.29 is 17.9 Å². The van der Waals surface area contributed by atoms with E-state index in [9.17, 15) is 13.2 Å². The molecular formula is C21H20N2O4S. The Morgan fingerprint density at radius 2 is 1.61 bits per heavy atom. The summed E-state index contributed by atoms with van der Waals surface area (Å²) in [7, 11) is -3.73. The molecule has 0 bridgehead atoms. The zero-order valence-electron chi connectivity index (χ0n) is 15.0. The van der Waals surface area contributed by atoms with Crippen molar-refractivity contribution in [1.82, 2.24) is 5.32 Å². The van der Waals surface area contributed by atoms with Crippen molar-refractivity contribution in [2.75, 3.05) is 0 Å². The lowest BCUT2D eigenvalue weighted by molar-refractivity contribution is 0.0950. The Morgan fingerprint density at radius 1 is 0.893 bits per heavy atom. The third kappa shape index (κ3) is 5.42. The van der Waals surface area contributed by atoms with Gasteiger partial charge in [-0.1, -0.05) is 48.5 Å². The van der Waals surface area contributed by atoms with Crippen LogP contribution in [0.1, 0.15) is 21.5 Å². The van der Waals surface area contributed by atoms with Crippen LogP contribution in [0.4, 0.5) is 0 Å². The highest BCUT2D eigenvalue weighted by Crippen LogP contribution is 2.16. The molecule has 0 aliphatic rings. The molecule has 3 aromatic carbocycles. The van der Waals surface area contributed by atoms with Crippen LogP contribution < -0.4 is 15.2 Å². The van der Waals surface area contributed by atoms with E-state index in [2.05, 4.69) is 5.32 Å². The van der Waals surface area contributed by atoms with Crippen molar-refractivity contribution in [3.05, 3.63) is 95.6 Å². The lowest BCUT2D eigenvalue weighted by Gasteiger charge is -2.09. The SMILES string of the molecule is NS(=O)(=O)c1ccc(CNC(=O)c2cccc(OCc3ccccc3)c2)cc1. The number of amides is 1. The first-order chi connectivity index (χ1) is 13.4. The zero-order chi connectivity index (χ0) is 20.0. The molecule has 3 aromatic rings. The number of ether oxygens (including phenoxy) is 1. The monoisotopic (exact) mass is 396 g/mol. The fraction of sp³-hybridized carbons (Fsp3) is 0.0952. The van der Waals surface area contributed by atoms with Crippen LogP contribution in [-0.2, 0) is 23.2 Å². The molecule has 28 heavy (non-hydrogen) atoms. The molecular weight excluding hydrogens is 376 g/mol. The van der Waals surface area contributed by atoms with Crippen LogP contribution in [0.3, 0.4) is 0 Å². The average molecular weight is 396 g/mol. The molecule has 0 unspecified atom stereocenters. The van der Waals surface area contributed by atoms with E-state index >= 15 is 0 Å². The smallest absolute Gasteiger partial charge is 0.251 e. The maximum absolute atomic E-state index is 12.4. The highest BCUT2D eigenvalue weighted by atomic mass is 32.2. The Kier molecular flexibility index (Phi) is 6.08. The third-order valence-electron chi connectivity index (χ3n) is 4.05. The third-order valence-corrected chi connectivity index (χ3v) is 4.98. The van der Waals surface area contributed by atoms with E-state index in [1.807, 2.05) is 30.3 Å². The highest BCUT2D eigenvalue weighted by Gasteiger charge is 2.09. The normalized spacial score (nSPS) is 11.0. The largest absolute Gasteiger partial charge is 0.489 e. The molecule has 0 radical (unpaired) electrons. The summed E-state index contributed by atoms with van der Waals surface area (Å²) in [4.78, 5) is 12.4. The number of rotatable bonds is 7. The summed E-state index contributed by atoms with van der Waals surface area (Å²) in [5.41, 5.74) is 2.28. The number of carbonyl (C=O) groups is 1. The van der Waals surface area contributed by atoms with Gasteiger partial charge in [-0.2, -0.15) is 0 Å². The van der Waals surface area contributed by atoms with Gasteiger partial charge in [-0.05, 0) is 41.5 Å². The van der Waals surface area contributed by atoms with Crippen LogP contribution in [-0.4, -0.2) is 14.3 Å². The summed E-state index contributed by atoms with van der Waals surface area (Å²) < 4.78 is 28.3. The quantitative estimate of drug-likeness (QED) is 0.641. The second-order valence-electron chi connectivity index (χ2n) is 6.17. The maximum atomic E-state index is 12.4. The molecule has 7 heteroatoms. The molecule has 0 aliphatic heterocycles. The summed E-state index contributed by atoms with van der Waals surface area (Å²) in [6.45, 7) is 0.682. The van der Waals surface area contributed by atoms with Crippen LogP contribution in [0.25, 0.3) is 0 Å². The van der Waals surface area contributed by atoms with Gasteiger partial charge in [0.05, 0.1) is 4.90 Å². The van der Waals surface area contributed by atoms with E-state index in [0.717, 1.165) is 11.1 Å². The molecule has 144 valence electrons. The molecule has 1 amide bonds. The maximum Gasteiger partial charge on any atom is 0.251 e. The summed E-state index contributed by atoms with van der Waals surface area (Å²) in [5.74, 6) is 0.356. The van der Waals surface area contributed by atoms with Gasteiger partial charge in [-0.15, -0.1) is 0 Å². The lowest BCUT2D eigenvalue weighted by atomic mass is 10.2. The predicted octanol–water partition coefficient (Wildman–Crippen LogP) is 2.84. The van der Waals surface area contributed by atoms with E-state index in [1.165, 1.54) is 12.1 Å².